The highest BCUT2D eigenvalue weighted by atomic mass is 16.5. The van der Waals surface area contributed by atoms with Crippen molar-refractivity contribution < 1.29 is 4.74 Å². The number of nitrogens with zero attached hydrogens (tertiary/aromatic N) is 7. The van der Waals surface area contributed by atoms with Gasteiger partial charge in [0.25, 0.3) is 0 Å². The van der Waals surface area contributed by atoms with E-state index >= 15 is 0 Å². The summed E-state index contributed by atoms with van der Waals surface area (Å²) in [7, 11) is 4.13. The van der Waals surface area contributed by atoms with E-state index in [1.54, 1.807) is 10.8 Å². The molecule has 24 heavy (non-hydrogen) atoms. The molecule has 2 atom stereocenters. The molecule has 0 aromatic carbocycles. The fourth-order valence-electron chi connectivity index (χ4n) is 3.13. The minimum Gasteiger partial charge on any atom is -0.373 e. The molecule has 0 radical (unpaired) electrons. The minimum absolute atomic E-state index is 0.0116. The van der Waals surface area contributed by atoms with Crippen LogP contribution in [-0.2, 0) is 11.8 Å². The van der Waals surface area contributed by atoms with E-state index in [2.05, 4.69) is 37.5 Å². The Bertz CT molecular complexity index is 828. The van der Waals surface area contributed by atoms with E-state index in [4.69, 9.17) is 4.74 Å². The molecule has 1 saturated heterocycles. The molecule has 1 N–H and O–H groups in total. The Kier molecular flexibility index (Phi) is 3.87. The Morgan fingerprint density at radius 1 is 1.29 bits per heavy atom. The van der Waals surface area contributed by atoms with Gasteiger partial charge >= 0.3 is 0 Å². The first kappa shape index (κ1) is 15.0. The van der Waals surface area contributed by atoms with Crippen molar-refractivity contribution in [1.82, 2.24) is 34.3 Å². The van der Waals surface area contributed by atoms with Gasteiger partial charge in [-0.1, -0.05) is 0 Å². The van der Waals surface area contributed by atoms with Crippen molar-refractivity contribution in [3.05, 3.63) is 36.7 Å². The van der Waals surface area contributed by atoms with Crippen LogP contribution in [-0.4, -0.2) is 67.1 Å². The quantitative estimate of drug-likeness (QED) is 0.739. The van der Waals surface area contributed by atoms with Crippen LogP contribution in [0.4, 0.5) is 5.82 Å². The summed E-state index contributed by atoms with van der Waals surface area (Å²) in [6.07, 6.45) is 5.33. The third-order valence-electron chi connectivity index (χ3n) is 4.41. The molecule has 4 heterocycles. The number of hydrogen-bond acceptors (Lipinski definition) is 7. The van der Waals surface area contributed by atoms with Crippen LogP contribution in [0.3, 0.4) is 0 Å². The van der Waals surface area contributed by atoms with Gasteiger partial charge in [0.05, 0.1) is 30.8 Å². The first-order chi connectivity index (χ1) is 11.7. The van der Waals surface area contributed by atoms with E-state index in [1.165, 1.54) is 0 Å². The van der Waals surface area contributed by atoms with Gasteiger partial charge in [0, 0.05) is 26.3 Å². The number of anilines is 1. The maximum Gasteiger partial charge on any atom is 0.177 e. The van der Waals surface area contributed by atoms with Crippen LogP contribution in [0.1, 0.15) is 11.7 Å². The average Bonchev–Trinajstić information content (AvgIpc) is 3.21. The third kappa shape index (κ3) is 2.72. The van der Waals surface area contributed by atoms with Crippen molar-refractivity contribution in [1.29, 1.82) is 0 Å². The summed E-state index contributed by atoms with van der Waals surface area (Å²) in [4.78, 5) is 6.55. The average molecular weight is 328 g/mol. The summed E-state index contributed by atoms with van der Waals surface area (Å²) in [5.74, 6) is 0.767. The molecule has 3 aromatic rings. The van der Waals surface area contributed by atoms with Gasteiger partial charge in [0.2, 0.25) is 0 Å². The fourth-order valence-corrected chi connectivity index (χ4v) is 3.13. The monoisotopic (exact) mass is 328 g/mol. The molecular weight excluding hydrogens is 308 g/mol. The second-order valence-electron chi connectivity index (χ2n) is 6.00. The Morgan fingerprint density at radius 2 is 2.21 bits per heavy atom. The van der Waals surface area contributed by atoms with Gasteiger partial charge in [-0.05, 0) is 19.2 Å². The minimum atomic E-state index is 0.0116. The smallest absolute Gasteiger partial charge is 0.177 e. The molecule has 0 spiro atoms. The zero-order valence-electron chi connectivity index (χ0n) is 13.7. The molecule has 0 aliphatic carbocycles. The van der Waals surface area contributed by atoms with Crippen molar-refractivity contribution in [2.24, 2.45) is 7.05 Å². The number of ether oxygens (including phenoxy) is 1. The molecule has 1 aliphatic heterocycles. The van der Waals surface area contributed by atoms with Gasteiger partial charge in [-0.3, -0.25) is 4.90 Å². The lowest BCUT2D eigenvalue weighted by molar-refractivity contribution is -0.0578. The third-order valence-corrected chi connectivity index (χ3v) is 4.41. The normalized spacial score (nSPS) is 22.1. The first-order valence-electron chi connectivity index (χ1n) is 7.91. The standard InChI is InChI=1S/C15H20N8O/c1-21-5-6-24-12(15(21)11-7-16-9-22(11)2)8-17-13-3-4-14-19-18-10-23(14)20-13/h3-4,7,9-10,12,15H,5-6,8H2,1-2H3,(H,17,20)/t12-,15-/m0/s1. The summed E-state index contributed by atoms with van der Waals surface area (Å²) >= 11 is 0. The molecule has 9 nitrogen and oxygen atoms in total. The predicted molar refractivity (Wildman–Crippen MR) is 87.6 cm³/mol. The first-order valence-corrected chi connectivity index (χ1v) is 7.91. The van der Waals surface area contributed by atoms with Gasteiger partial charge in [-0.25, -0.2) is 4.98 Å². The number of aromatic nitrogens is 6. The van der Waals surface area contributed by atoms with E-state index in [0.29, 0.717) is 6.54 Å². The summed E-state index contributed by atoms with van der Waals surface area (Å²) in [6.45, 7) is 2.27. The van der Waals surface area contributed by atoms with E-state index in [9.17, 15) is 0 Å². The lowest BCUT2D eigenvalue weighted by atomic mass is 10.0. The maximum absolute atomic E-state index is 6.03. The van der Waals surface area contributed by atoms with Gasteiger partial charge in [0.1, 0.15) is 12.1 Å². The Morgan fingerprint density at radius 3 is 3.04 bits per heavy atom. The molecular formula is C15H20N8O. The zero-order chi connectivity index (χ0) is 16.5. The van der Waals surface area contributed by atoms with Gasteiger partial charge in [0.15, 0.2) is 5.65 Å². The molecule has 9 heteroatoms. The van der Waals surface area contributed by atoms with Crippen LogP contribution in [0.15, 0.2) is 31.0 Å². The van der Waals surface area contributed by atoms with Crippen molar-refractivity contribution in [3.8, 4) is 0 Å². The topological polar surface area (TPSA) is 85.4 Å². The molecule has 4 rings (SSSR count). The molecule has 3 aromatic heterocycles. The molecule has 1 aliphatic rings. The van der Waals surface area contributed by atoms with Crippen LogP contribution in [0, 0.1) is 0 Å². The summed E-state index contributed by atoms with van der Waals surface area (Å²) in [6, 6.07) is 3.93. The van der Waals surface area contributed by atoms with Gasteiger partial charge in [-0.15, -0.1) is 15.3 Å². The number of fused-ring (bicyclic) bond motifs is 1. The number of hydrogen-bond donors (Lipinski definition) is 1. The van der Waals surface area contributed by atoms with Gasteiger partial charge < -0.3 is 14.6 Å². The van der Waals surface area contributed by atoms with Crippen LogP contribution < -0.4 is 5.32 Å². The van der Waals surface area contributed by atoms with Crippen LogP contribution in [0.5, 0.6) is 0 Å². The highest BCUT2D eigenvalue weighted by molar-refractivity contribution is 5.43. The molecule has 0 unspecified atom stereocenters. The van der Waals surface area contributed by atoms with E-state index in [1.807, 2.05) is 36.3 Å². The van der Waals surface area contributed by atoms with E-state index < -0.39 is 0 Å². The fraction of sp³-hybridized carbons (Fsp3) is 0.467. The number of aryl methyl sites for hydroxylation is 1. The highest BCUT2D eigenvalue weighted by Gasteiger charge is 2.33. The Hall–Kier alpha value is -2.52. The van der Waals surface area contributed by atoms with Crippen LogP contribution in [0.2, 0.25) is 0 Å². The number of morpholine rings is 1. The largest absolute Gasteiger partial charge is 0.373 e. The summed E-state index contributed by atoms with van der Waals surface area (Å²) in [5, 5.41) is 15.6. The number of rotatable bonds is 4. The summed E-state index contributed by atoms with van der Waals surface area (Å²) in [5.41, 5.74) is 1.87. The van der Waals surface area contributed by atoms with Crippen molar-refractivity contribution >= 4 is 11.5 Å². The lowest BCUT2D eigenvalue weighted by Crippen LogP contribution is -2.46. The number of imidazole rings is 1. The van der Waals surface area contributed by atoms with E-state index in [-0.39, 0.29) is 12.1 Å². The van der Waals surface area contributed by atoms with Crippen molar-refractivity contribution in [2.75, 3.05) is 32.1 Å². The SMILES string of the molecule is CN1CCO[C@@H](CNc2ccc3nncn3n2)[C@@H]1c1cncn1C. The highest BCUT2D eigenvalue weighted by Crippen LogP contribution is 2.28. The zero-order valence-corrected chi connectivity index (χ0v) is 13.7. The molecule has 0 amide bonds. The Labute approximate surface area is 139 Å². The van der Waals surface area contributed by atoms with Crippen molar-refractivity contribution in [3.63, 3.8) is 0 Å². The summed E-state index contributed by atoms with van der Waals surface area (Å²) < 4.78 is 9.72. The molecule has 0 saturated carbocycles. The predicted octanol–water partition coefficient (Wildman–Crippen LogP) is 0.342. The van der Waals surface area contributed by atoms with Crippen LogP contribution >= 0.6 is 0 Å². The second-order valence-corrected chi connectivity index (χ2v) is 6.00. The van der Waals surface area contributed by atoms with Gasteiger partial charge in [-0.2, -0.15) is 4.52 Å². The molecule has 126 valence electrons. The number of likely N-dealkylation sites (N-methyl/N-ethyl adjacent to an activating group) is 1. The molecule has 0 bridgehead atoms. The Balaban J connectivity index is 1.52. The van der Waals surface area contributed by atoms with E-state index in [0.717, 1.165) is 30.3 Å². The lowest BCUT2D eigenvalue weighted by Gasteiger charge is -2.39. The number of nitrogens with one attached hydrogen (secondary N) is 1. The second kappa shape index (κ2) is 6.17. The van der Waals surface area contributed by atoms with Crippen LogP contribution in [0.25, 0.3) is 5.65 Å². The maximum atomic E-state index is 6.03. The van der Waals surface area contributed by atoms with Crippen molar-refractivity contribution in [2.45, 2.75) is 12.1 Å². The molecule has 1 fully saturated rings.